The van der Waals surface area contributed by atoms with E-state index in [1.54, 1.807) is 25.1 Å². The molecule has 0 aliphatic heterocycles. The van der Waals surface area contributed by atoms with Gasteiger partial charge in [0.2, 0.25) is 0 Å². The van der Waals surface area contributed by atoms with Crippen LogP contribution in [0.25, 0.3) is 10.9 Å². The van der Waals surface area contributed by atoms with Crippen molar-refractivity contribution in [3.8, 4) is 5.75 Å². The minimum Gasteiger partial charge on any atom is -0.494 e. The van der Waals surface area contributed by atoms with Crippen molar-refractivity contribution < 1.29 is 24.0 Å². The molecular weight excluding hydrogens is 378 g/mol. The Morgan fingerprint density at radius 1 is 1.14 bits per heavy atom. The summed E-state index contributed by atoms with van der Waals surface area (Å²) in [5, 5.41) is 14.5. The van der Waals surface area contributed by atoms with E-state index in [-0.39, 0.29) is 17.1 Å². The molecule has 1 heterocycles. The van der Waals surface area contributed by atoms with Gasteiger partial charge in [-0.2, -0.15) is 0 Å². The first-order valence-electron chi connectivity index (χ1n) is 8.72. The lowest BCUT2D eigenvalue weighted by molar-refractivity contribution is -0.384. The van der Waals surface area contributed by atoms with Gasteiger partial charge in [0.05, 0.1) is 23.1 Å². The normalized spacial score (nSPS) is 10.4. The molecule has 3 aromatic rings. The number of esters is 1. The van der Waals surface area contributed by atoms with E-state index < -0.39 is 23.4 Å². The number of fused-ring (bicyclic) bond motifs is 1. The first-order valence-corrected chi connectivity index (χ1v) is 8.72. The molecule has 0 aliphatic carbocycles. The van der Waals surface area contributed by atoms with E-state index in [9.17, 15) is 19.7 Å². The van der Waals surface area contributed by atoms with Crippen LogP contribution in [0.3, 0.4) is 0 Å². The lowest BCUT2D eigenvalue weighted by Crippen LogP contribution is -2.21. The van der Waals surface area contributed by atoms with Crippen LogP contribution in [-0.4, -0.2) is 35.0 Å². The molecule has 2 aromatic carbocycles. The maximum absolute atomic E-state index is 12.1. The molecule has 0 bridgehead atoms. The number of benzene rings is 2. The number of nitro groups is 1. The Hall–Kier alpha value is -4.01. The molecular formula is C20H17N3O6. The summed E-state index contributed by atoms with van der Waals surface area (Å²) in [6.45, 7) is 1.49. The van der Waals surface area contributed by atoms with Crippen molar-refractivity contribution in [1.82, 2.24) is 4.98 Å². The topological polar surface area (TPSA) is 121 Å². The number of anilines is 1. The molecule has 0 unspecified atom stereocenters. The summed E-state index contributed by atoms with van der Waals surface area (Å²) in [5.74, 6) is -1.18. The van der Waals surface area contributed by atoms with Crippen LogP contribution in [-0.2, 0) is 9.53 Å². The number of hydrogen-bond donors (Lipinski definition) is 1. The Morgan fingerprint density at radius 2 is 1.93 bits per heavy atom. The van der Waals surface area contributed by atoms with Crippen LogP contribution in [0, 0.1) is 10.1 Å². The summed E-state index contributed by atoms with van der Waals surface area (Å²) < 4.78 is 10.2. The maximum atomic E-state index is 12.1. The van der Waals surface area contributed by atoms with Crippen molar-refractivity contribution in [2.24, 2.45) is 0 Å². The summed E-state index contributed by atoms with van der Waals surface area (Å²) in [6.07, 6.45) is 0. The summed E-state index contributed by atoms with van der Waals surface area (Å²) in [4.78, 5) is 39.0. The average Bonchev–Trinajstić information content (AvgIpc) is 2.72. The van der Waals surface area contributed by atoms with Gasteiger partial charge in [0, 0.05) is 5.39 Å². The predicted molar refractivity (Wildman–Crippen MR) is 105 cm³/mol. The largest absolute Gasteiger partial charge is 0.494 e. The van der Waals surface area contributed by atoms with Gasteiger partial charge in [0.25, 0.3) is 11.6 Å². The third-order valence-electron chi connectivity index (χ3n) is 3.89. The highest BCUT2D eigenvalue weighted by atomic mass is 16.6. The van der Waals surface area contributed by atoms with E-state index in [1.165, 1.54) is 24.3 Å². The van der Waals surface area contributed by atoms with Crippen molar-refractivity contribution in [1.29, 1.82) is 0 Å². The monoisotopic (exact) mass is 395 g/mol. The zero-order valence-electron chi connectivity index (χ0n) is 15.5. The Kier molecular flexibility index (Phi) is 5.98. The molecule has 0 saturated heterocycles. The Morgan fingerprint density at radius 3 is 2.69 bits per heavy atom. The van der Waals surface area contributed by atoms with Crippen molar-refractivity contribution >= 4 is 34.2 Å². The van der Waals surface area contributed by atoms with Crippen molar-refractivity contribution in [3.63, 3.8) is 0 Å². The number of rotatable bonds is 7. The number of hydrogen-bond acceptors (Lipinski definition) is 7. The average molecular weight is 395 g/mol. The molecule has 0 saturated carbocycles. The van der Waals surface area contributed by atoms with Crippen LogP contribution in [0.15, 0.2) is 54.6 Å². The van der Waals surface area contributed by atoms with Gasteiger partial charge in [-0.05, 0) is 31.2 Å². The standard InChI is InChI=1S/C20H17N3O6/c1-2-28-14-8-10-16(18(11-14)23(26)27)22-19(24)12-29-20(25)17-9-7-13-5-3-4-6-15(13)21-17/h3-11H,2,12H2,1H3,(H,22,24). The number of nitrogens with zero attached hydrogens (tertiary/aromatic N) is 2. The fourth-order valence-corrected chi connectivity index (χ4v) is 2.60. The fraction of sp³-hybridized carbons (Fsp3) is 0.150. The van der Waals surface area contributed by atoms with Crippen molar-refractivity contribution in [3.05, 3.63) is 70.4 Å². The Bertz CT molecular complexity index is 1080. The molecule has 1 N–H and O–H groups in total. The Balaban J connectivity index is 1.64. The molecule has 3 rings (SSSR count). The molecule has 29 heavy (non-hydrogen) atoms. The zero-order valence-corrected chi connectivity index (χ0v) is 15.5. The highest BCUT2D eigenvalue weighted by Gasteiger charge is 2.19. The molecule has 0 atom stereocenters. The Labute approximate surface area is 165 Å². The minimum atomic E-state index is -0.771. The van der Waals surface area contributed by atoms with E-state index >= 15 is 0 Å². The van der Waals surface area contributed by atoms with Gasteiger partial charge in [-0.15, -0.1) is 0 Å². The quantitative estimate of drug-likeness (QED) is 0.370. The molecule has 0 radical (unpaired) electrons. The van der Waals surface area contributed by atoms with Gasteiger partial charge in [0.1, 0.15) is 17.1 Å². The second-order valence-corrected chi connectivity index (χ2v) is 5.88. The second-order valence-electron chi connectivity index (χ2n) is 5.88. The van der Waals surface area contributed by atoms with Crippen molar-refractivity contribution in [2.45, 2.75) is 6.92 Å². The van der Waals surface area contributed by atoms with Gasteiger partial charge >= 0.3 is 5.97 Å². The molecule has 0 fully saturated rings. The van der Waals surface area contributed by atoms with Gasteiger partial charge < -0.3 is 14.8 Å². The minimum absolute atomic E-state index is 0.0247. The molecule has 148 valence electrons. The lowest BCUT2D eigenvalue weighted by atomic mass is 10.2. The van der Waals surface area contributed by atoms with Crippen LogP contribution in [0.5, 0.6) is 5.75 Å². The molecule has 9 heteroatoms. The number of carbonyl (C=O) groups is 2. The summed E-state index contributed by atoms with van der Waals surface area (Å²) in [7, 11) is 0. The number of ether oxygens (including phenoxy) is 2. The molecule has 9 nitrogen and oxygen atoms in total. The van der Waals surface area contributed by atoms with E-state index in [4.69, 9.17) is 9.47 Å². The number of aromatic nitrogens is 1. The number of nitro benzene ring substituents is 1. The van der Waals surface area contributed by atoms with Crippen LogP contribution < -0.4 is 10.1 Å². The number of para-hydroxylation sites is 1. The van der Waals surface area contributed by atoms with Crippen LogP contribution in [0.2, 0.25) is 0 Å². The predicted octanol–water partition coefficient (Wildman–Crippen LogP) is 3.34. The second kappa shape index (κ2) is 8.79. The number of carbonyl (C=O) groups excluding carboxylic acids is 2. The first kappa shape index (κ1) is 19.7. The molecule has 0 spiro atoms. The third-order valence-corrected chi connectivity index (χ3v) is 3.89. The van der Waals surface area contributed by atoms with E-state index in [0.29, 0.717) is 17.9 Å². The van der Waals surface area contributed by atoms with Crippen LogP contribution in [0.4, 0.5) is 11.4 Å². The highest BCUT2D eigenvalue weighted by molar-refractivity contribution is 5.97. The molecule has 0 aliphatic rings. The first-order chi connectivity index (χ1) is 14.0. The van der Waals surface area contributed by atoms with Gasteiger partial charge in [-0.25, -0.2) is 9.78 Å². The van der Waals surface area contributed by atoms with Crippen LogP contribution in [0.1, 0.15) is 17.4 Å². The zero-order chi connectivity index (χ0) is 20.8. The fourth-order valence-electron chi connectivity index (χ4n) is 2.60. The van der Waals surface area contributed by atoms with Gasteiger partial charge in [0.15, 0.2) is 6.61 Å². The molecule has 1 aromatic heterocycles. The van der Waals surface area contributed by atoms with Crippen molar-refractivity contribution in [2.75, 3.05) is 18.5 Å². The molecule has 1 amide bonds. The van der Waals surface area contributed by atoms with E-state index in [0.717, 1.165) is 5.39 Å². The van der Waals surface area contributed by atoms with Crippen LogP contribution >= 0.6 is 0 Å². The summed E-state index contributed by atoms with van der Waals surface area (Å²) in [6, 6.07) is 14.5. The number of amides is 1. The SMILES string of the molecule is CCOc1ccc(NC(=O)COC(=O)c2ccc3ccccc3n2)c([N+](=O)[O-])c1. The number of nitrogens with one attached hydrogen (secondary N) is 1. The van der Waals surface area contributed by atoms with E-state index in [1.807, 2.05) is 12.1 Å². The summed E-state index contributed by atoms with van der Waals surface area (Å²) in [5.41, 5.74) is 0.329. The van der Waals surface area contributed by atoms with Gasteiger partial charge in [-0.3, -0.25) is 14.9 Å². The third kappa shape index (κ3) is 4.83. The maximum Gasteiger partial charge on any atom is 0.357 e. The van der Waals surface area contributed by atoms with Gasteiger partial charge in [-0.1, -0.05) is 24.3 Å². The van der Waals surface area contributed by atoms with E-state index in [2.05, 4.69) is 10.3 Å². The summed E-state index contributed by atoms with van der Waals surface area (Å²) >= 11 is 0. The lowest BCUT2D eigenvalue weighted by Gasteiger charge is -2.09. The highest BCUT2D eigenvalue weighted by Crippen LogP contribution is 2.29. The number of pyridine rings is 1. The smallest absolute Gasteiger partial charge is 0.357 e.